The van der Waals surface area contributed by atoms with Gasteiger partial charge in [-0.15, -0.1) is 0 Å². The molecule has 1 atom stereocenters. The van der Waals surface area contributed by atoms with E-state index in [2.05, 4.69) is 26.0 Å². The number of amides is 1. The molecule has 2 rings (SSSR count). The predicted molar refractivity (Wildman–Crippen MR) is 107 cm³/mol. The molecular weight excluding hydrogens is 318 g/mol. The van der Waals surface area contributed by atoms with Gasteiger partial charge in [0.25, 0.3) is 0 Å². The van der Waals surface area contributed by atoms with Crippen LogP contribution in [0.5, 0.6) is 0 Å². The molecule has 0 spiro atoms. The molecule has 1 fully saturated rings. The van der Waals surface area contributed by atoms with E-state index in [1.807, 2.05) is 26.0 Å². The molecule has 0 saturated carbocycles. The highest BCUT2D eigenvalue weighted by Crippen LogP contribution is 2.27. The average molecular weight is 354 g/mol. The van der Waals surface area contributed by atoms with Crippen LogP contribution in [-0.2, 0) is 4.79 Å². The largest absolute Gasteiger partial charge is 0.345 e. The summed E-state index contributed by atoms with van der Waals surface area (Å²) in [5.74, 6) is 0.729. The number of halogens is 1. The maximum absolute atomic E-state index is 9.93. The Morgan fingerprint density at radius 2 is 1.62 bits per heavy atom. The van der Waals surface area contributed by atoms with Crippen molar-refractivity contribution in [1.29, 1.82) is 0 Å². The lowest BCUT2D eigenvalue weighted by Gasteiger charge is -2.16. The molecule has 0 aromatic heterocycles. The maximum Gasteiger partial charge on any atom is 0.209 e. The highest BCUT2D eigenvalue weighted by molar-refractivity contribution is 6.30. The van der Waals surface area contributed by atoms with Crippen molar-refractivity contribution in [3.05, 3.63) is 34.9 Å². The van der Waals surface area contributed by atoms with Gasteiger partial charge < -0.3 is 4.90 Å². The molecule has 2 nitrogen and oxygen atoms in total. The molecular formula is C21H36ClNO. The average Bonchev–Trinajstić information content (AvgIpc) is 3.15. The number of unbranched alkanes of at least 4 members (excludes halogenated alkanes) is 1. The monoisotopic (exact) mass is 353 g/mol. The molecule has 1 aromatic carbocycles. The number of hydrogen-bond acceptors (Lipinski definition) is 1. The van der Waals surface area contributed by atoms with Gasteiger partial charge in [0.05, 0.1) is 0 Å². The van der Waals surface area contributed by atoms with Crippen LogP contribution in [0, 0.1) is 0 Å². The Bertz CT molecular complexity index is 399. The van der Waals surface area contributed by atoms with Crippen LogP contribution in [0.15, 0.2) is 24.3 Å². The Labute approximate surface area is 154 Å². The Morgan fingerprint density at radius 1 is 1.04 bits per heavy atom. The van der Waals surface area contributed by atoms with E-state index in [1.54, 1.807) is 4.90 Å². The van der Waals surface area contributed by atoms with Crippen LogP contribution in [0.4, 0.5) is 0 Å². The van der Waals surface area contributed by atoms with Gasteiger partial charge in [-0.05, 0) is 49.3 Å². The summed E-state index contributed by atoms with van der Waals surface area (Å²) in [4.78, 5) is 11.7. The first kappa shape index (κ1) is 23.0. The molecule has 0 bridgehead atoms. The third kappa shape index (κ3) is 9.97. The van der Waals surface area contributed by atoms with E-state index in [4.69, 9.17) is 11.6 Å². The summed E-state index contributed by atoms with van der Waals surface area (Å²) in [6.45, 7) is 10.5. The number of carbonyl (C=O) groups excluding carboxylic acids is 1. The lowest BCUT2D eigenvalue weighted by atomic mass is 9.90. The zero-order valence-electron chi connectivity index (χ0n) is 16.1. The third-order valence-electron chi connectivity index (χ3n) is 4.17. The van der Waals surface area contributed by atoms with Crippen molar-refractivity contribution in [2.75, 3.05) is 13.1 Å². The van der Waals surface area contributed by atoms with Crippen molar-refractivity contribution < 1.29 is 4.79 Å². The lowest BCUT2D eigenvalue weighted by Crippen LogP contribution is -2.15. The first-order chi connectivity index (χ1) is 11.7. The summed E-state index contributed by atoms with van der Waals surface area (Å²) >= 11 is 5.90. The normalized spacial score (nSPS) is 14.1. The minimum absolute atomic E-state index is 0.729. The van der Waals surface area contributed by atoms with E-state index < -0.39 is 0 Å². The molecule has 1 aliphatic heterocycles. The van der Waals surface area contributed by atoms with E-state index in [-0.39, 0.29) is 0 Å². The second-order valence-electron chi connectivity index (χ2n) is 6.03. The molecule has 1 heterocycles. The third-order valence-corrected chi connectivity index (χ3v) is 4.43. The van der Waals surface area contributed by atoms with Gasteiger partial charge in [-0.2, -0.15) is 0 Å². The first-order valence-corrected chi connectivity index (χ1v) is 10.0. The summed E-state index contributed by atoms with van der Waals surface area (Å²) in [7, 11) is 0. The Kier molecular flexibility index (Phi) is 14.8. The second-order valence-corrected chi connectivity index (χ2v) is 6.46. The number of nitrogens with zero attached hydrogens (tertiary/aromatic N) is 1. The minimum atomic E-state index is 0.729. The van der Waals surface area contributed by atoms with Gasteiger partial charge in [-0.1, -0.05) is 70.7 Å². The highest BCUT2D eigenvalue weighted by Gasteiger charge is 2.09. The minimum Gasteiger partial charge on any atom is -0.345 e. The van der Waals surface area contributed by atoms with E-state index in [1.165, 1.54) is 50.5 Å². The van der Waals surface area contributed by atoms with Gasteiger partial charge in [0.1, 0.15) is 0 Å². The first-order valence-electron chi connectivity index (χ1n) is 9.66. The molecule has 24 heavy (non-hydrogen) atoms. The predicted octanol–water partition coefficient (Wildman–Crippen LogP) is 6.68. The summed E-state index contributed by atoms with van der Waals surface area (Å²) in [5.41, 5.74) is 1.45. The van der Waals surface area contributed by atoms with E-state index in [0.717, 1.165) is 30.4 Å². The van der Waals surface area contributed by atoms with Gasteiger partial charge in [0.2, 0.25) is 6.41 Å². The number of likely N-dealkylation sites (tertiary alicyclic amines) is 1. The molecule has 0 aliphatic carbocycles. The van der Waals surface area contributed by atoms with Crippen molar-refractivity contribution in [3.63, 3.8) is 0 Å². The molecule has 1 saturated heterocycles. The molecule has 0 radical (unpaired) electrons. The second kappa shape index (κ2) is 15.5. The van der Waals surface area contributed by atoms with Crippen molar-refractivity contribution >= 4 is 18.0 Å². The topological polar surface area (TPSA) is 20.3 Å². The molecule has 1 aromatic rings. The lowest BCUT2D eigenvalue weighted by molar-refractivity contribution is -0.117. The summed E-state index contributed by atoms with van der Waals surface area (Å²) in [5, 5.41) is 0.837. The highest BCUT2D eigenvalue weighted by atomic mass is 35.5. The fourth-order valence-corrected chi connectivity index (χ4v) is 2.98. The number of benzene rings is 1. The number of hydrogen-bond donors (Lipinski definition) is 0. The number of rotatable bonds is 7. The van der Waals surface area contributed by atoms with Crippen molar-refractivity contribution in [2.45, 2.75) is 78.6 Å². The van der Waals surface area contributed by atoms with Crippen molar-refractivity contribution in [3.8, 4) is 0 Å². The molecule has 0 N–H and O–H groups in total. The molecule has 138 valence electrons. The summed E-state index contributed by atoms with van der Waals surface area (Å²) in [6, 6.07) is 8.37. The molecule has 1 aliphatic rings. The zero-order valence-corrected chi connectivity index (χ0v) is 16.8. The molecule has 1 unspecified atom stereocenters. The molecule has 1 amide bonds. The van der Waals surface area contributed by atoms with Crippen molar-refractivity contribution in [2.24, 2.45) is 0 Å². The van der Waals surface area contributed by atoms with Crippen LogP contribution >= 0.6 is 11.6 Å². The maximum atomic E-state index is 9.93. The molecule has 3 heteroatoms. The van der Waals surface area contributed by atoms with E-state index in [9.17, 15) is 4.79 Å². The Balaban J connectivity index is 0.000000488. The van der Waals surface area contributed by atoms with E-state index >= 15 is 0 Å². The van der Waals surface area contributed by atoms with Crippen LogP contribution in [-0.4, -0.2) is 24.4 Å². The van der Waals surface area contributed by atoms with Crippen LogP contribution in [0.2, 0.25) is 5.02 Å². The van der Waals surface area contributed by atoms with Crippen LogP contribution in [0.1, 0.15) is 84.1 Å². The summed E-state index contributed by atoms with van der Waals surface area (Å²) in [6.07, 6.45) is 9.79. The fraction of sp³-hybridized carbons (Fsp3) is 0.667. The Hall–Kier alpha value is -1.02. The smallest absolute Gasteiger partial charge is 0.209 e. The fourth-order valence-electron chi connectivity index (χ4n) is 2.86. The van der Waals surface area contributed by atoms with Crippen molar-refractivity contribution in [1.82, 2.24) is 4.90 Å². The van der Waals surface area contributed by atoms with Crippen LogP contribution in [0.25, 0.3) is 0 Å². The van der Waals surface area contributed by atoms with Gasteiger partial charge in [-0.25, -0.2) is 0 Å². The standard InChI is InChI=1S/C14H21Cl.C5H9NO.C2H6/c1-3-5-7-12(6-4-2)13-8-10-14(15)11-9-13;7-5-6-3-1-2-4-6;1-2/h8-12H,3-7H2,1-2H3;5H,1-4H2;1-2H3. The van der Waals surface area contributed by atoms with E-state index in [0.29, 0.717) is 0 Å². The quantitative estimate of drug-likeness (QED) is 0.500. The van der Waals surface area contributed by atoms with Gasteiger partial charge >= 0.3 is 0 Å². The summed E-state index contributed by atoms with van der Waals surface area (Å²) < 4.78 is 0. The van der Waals surface area contributed by atoms with Crippen LogP contribution < -0.4 is 0 Å². The van der Waals surface area contributed by atoms with Crippen LogP contribution in [0.3, 0.4) is 0 Å². The SMILES string of the molecule is CC.CCCCC(CCC)c1ccc(Cl)cc1.O=CN1CCCC1. The van der Waals surface area contributed by atoms with Gasteiger partial charge in [0, 0.05) is 18.1 Å². The van der Waals surface area contributed by atoms with Gasteiger partial charge in [0.15, 0.2) is 0 Å². The van der Waals surface area contributed by atoms with Gasteiger partial charge in [-0.3, -0.25) is 4.79 Å². The number of carbonyl (C=O) groups is 1. The zero-order chi connectivity index (χ0) is 18.2. The Morgan fingerprint density at radius 3 is 2.04 bits per heavy atom.